The molecule has 0 bridgehead atoms. The van der Waals surface area contributed by atoms with Gasteiger partial charge in [0.2, 0.25) is 5.88 Å². The van der Waals surface area contributed by atoms with Crippen molar-refractivity contribution in [3.05, 3.63) is 69.1 Å². The third-order valence-electron chi connectivity index (χ3n) is 4.27. The second-order valence-electron chi connectivity index (χ2n) is 6.07. The first-order chi connectivity index (χ1) is 12.6. The van der Waals surface area contributed by atoms with Gasteiger partial charge in [-0.1, -0.05) is 12.1 Å². The molecule has 3 aromatic rings. The van der Waals surface area contributed by atoms with Gasteiger partial charge in [0.15, 0.2) is 11.2 Å². The van der Waals surface area contributed by atoms with Crippen molar-refractivity contribution in [2.75, 3.05) is 13.1 Å². The maximum absolute atomic E-state index is 12.7. The summed E-state index contributed by atoms with van der Waals surface area (Å²) in [4.78, 5) is 30.7. The van der Waals surface area contributed by atoms with Gasteiger partial charge in [-0.3, -0.25) is 9.59 Å². The lowest BCUT2D eigenvalue weighted by Crippen LogP contribution is -2.31. The van der Waals surface area contributed by atoms with Crippen LogP contribution in [-0.4, -0.2) is 35.0 Å². The van der Waals surface area contributed by atoms with Crippen molar-refractivity contribution in [3.8, 4) is 5.88 Å². The molecule has 0 saturated carbocycles. The summed E-state index contributed by atoms with van der Waals surface area (Å²) >= 11 is 3.33. The first-order valence-corrected chi connectivity index (χ1v) is 9.00. The normalized spacial score (nSPS) is 16.8. The van der Waals surface area contributed by atoms with Gasteiger partial charge in [0, 0.05) is 35.8 Å². The Balaban J connectivity index is 1.49. The van der Waals surface area contributed by atoms with Crippen molar-refractivity contribution >= 4 is 32.8 Å². The van der Waals surface area contributed by atoms with Crippen LogP contribution in [0.2, 0.25) is 0 Å². The second-order valence-corrected chi connectivity index (χ2v) is 6.98. The molecular weight excluding hydrogens is 400 g/mol. The highest BCUT2D eigenvalue weighted by molar-refractivity contribution is 9.10. The van der Waals surface area contributed by atoms with Gasteiger partial charge in [0.05, 0.1) is 11.9 Å². The number of para-hydroxylation sites is 1. The fourth-order valence-corrected chi connectivity index (χ4v) is 3.21. The topological polar surface area (TPSA) is 72.6 Å². The molecule has 2 aromatic heterocycles. The van der Waals surface area contributed by atoms with Crippen molar-refractivity contribution in [1.82, 2.24) is 9.88 Å². The van der Waals surface area contributed by atoms with Crippen molar-refractivity contribution in [1.29, 1.82) is 0 Å². The van der Waals surface area contributed by atoms with Crippen LogP contribution >= 0.6 is 15.9 Å². The van der Waals surface area contributed by atoms with Crippen molar-refractivity contribution in [3.63, 3.8) is 0 Å². The Bertz CT molecular complexity index is 1020. The first-order valence-electron chi connectivity index (χ1n) is 8.20. The van der Waals surface area contributed by atoms with Crippen LogP contribution in [0.5, 0.6) is 5.88 Å². The van der Waals surface area contributed by atoms with E-state index in [9.17, 15) is 9.59 Å². The molecule has 0 N–H and O–H groups in total. The number of carbonyl (C=O) groups excluding carboxylic acids is 1. The molecule has 1 aliphatic rings. The highest BCUT2D eigenvalue weighted by Crippen LogP contribution is 2.20. The molecule has 4 rings (SSSR count). The lowest BCUT2D eigenvalue weighted by atomic mass is 10.2. The zero-order valence-electron chi connectivity index (χ0n) is 13.7. The molecule has 1 saturated heterocycles. The predicted octanol–water partition coefficient (Wildman–Crippen LogP) is 3.24. The summed E-state index contributed by atoms with van der Waals surface area (Å²) in [5.41, 5.74) is 0.190. The average molecular weight is 415 g/mol. The number of benzene rings is 1. The summed E-state index contributed by atoms with van der Waals surface area (Å²) in [6.07, 6.45) is 2.22. The number of aromatic nitrogens is 1. The molecule has 0 spiro atoms. The number of rotatable bonds is 3. The number of nitrogens with zero attached hydrogens (tertiary/aromatic N) is 2. The Morgan fingerprint density at radius 2 is 2.12 bits per heavy atom. The number of likely N-dealkylation sites (tertiary alicyclic amines) is 1. The number of amides is 1. The van der Waals surface area contributed by atoms with Crippen molar-refractivity contribution < 1.29 is 13.9 Å². The number of halogens is 1. The molecule has 1 aromatic carbocycles. The monoisotopic (exact) mass is 414 g/mol. The van der Waals surface area contributed by atoms with Crippen LogP contribution in [0.4, 0.5) is 0 Å². The Labute approximate surface area is 157 Å². The number of hydrogen-bond acceptors (Lipinski definition) is 5. The molecule has 0 aliphatic carbocycles. The van der Waals surface area contributed by atoms with Crippen molar-refractivity contribution in [2.24, 2.45) is 0 Å². The highest BCUT2D eigenvalue weighted by Gasteiger charge is 2.30. The van der Waals surface area contributed by atoms with E-state index >= 15 is 0 Å². The number of ether oxygens (including phenoxy) is 1. The highest BCUT2D eigenvalue weighted by atomic mass is 79.9. The minimum absolute atomic E-state index is 0.0520. The molecule has 3 heterocycles. The molecule has 7 heteroatoms. The molecule has 0 radical (unpaired) electrons. The number of carbonyl (C=O) groups is 1. The smallest absolute Gasteiger partial charge is 0.289 e. The van der Waals surface area contributed by atoms with E-state index in [4.69, 9.17) is 9.15 Å². The summed E-state index contributed by atoms with van der Waals surface area (Å²) < 4.78 is 12.3. The van der Waals surface area contributed by atoms with Gasteiger partial charge in [-0.2, -0.15) is 0 Å². The maximum Gasteiger partial charge on any atom is 0.289 e. The van der Waals surface area contributed by atoms with E-state index in [0.717, 1.165) is 4.47 Å². The Hall–Kier alpha value is -2.67. The molecule has 1 aliphatic heterocycles. The SMILES string of the molecule is O=C(c1cc(=O)c2ccccc2o1)N1CCC(Oc2ccc(Br)cn2)C1. The van der Waals surface area contributed by atoms with Gasteiger partial charge in [0.1, 0.15) is 11.7 Å². The lowest BCUT2D eigenvalue weighted by Gasteiger charge is -2.16. The molecule has 132 valence electrons. The molecule has 26 heavy (non-hydrogen) atoms. The fourth-order valence-electron chi connectivity index (χ4n) is 2.98. The number of hydrogen-bond donors (Lipinski definition) is 0. The predicted molar refractivity (Wildman–Crippen MR) is 99.4 cm³/mol. The van der Waals surface area contributed by atoms with E-state index in [1.54, 1.807) is 41.4 Å². The van der Waals surface area contributed by atoms with Crippen LogP contribution in [-0.2, 0) is 0 Å². The minimum atomic E-state index is -0.303. The van der Waals surface area contributed by atoms with Crippen LogP contribution < -0.4 is 10.2 Å². The van der Waals surface area contributed by atoms with Crippen LogP contribution in [0.15, 0.2) is 62.3 Å². The summed E-state index contributed by atoms with van der Waals surface area (Å²) in [7, 11) is 0. The third-order valence-corrected chi connectivity index (χ3v) is 4.73. The molecule has 1 atom stereocenters. The van der Waals surface area contributed by atoms with Crippen LogP contribution in [0.3, 0.4) is 0 Å². The molecular formula is C19H15BrN2O4. The molecule has 1 unspecified atom stereocenters. The molecule has 6 nitrogen and oxygen atoms in total. The lowest BCUT2D eigenvalue weighted by molar-refractivity contribution is 0.0740. The third kappa shape index (κ3) is 3.35. The van der Waals surface area contributed by atoms with E-state index < -0.39 is 0 Å². The fraction of sp³-hybridized carbons (Fsp3) is 0.211. The standard InChI is InChI=1S/C19H15BrN2O4/c20-12-5-6-18(21-10-12)25-13-7-8-22(11-13)19(24)17-9-15(23)14-3-1-2-4-16(14)26-17/h1-6,9-10,13H,7-8,11H2. The van der Waals surface area contributed by atoms with Gasteiger partial charge in [-0.25, -0.2) is 4.98 Å². The van der Waals surface area contributed by atoms with Crippen LogP contribution in [0, 0.1) is 0 Å². The van der Waals surface area contributed by atoms with E-state index in [1.807, 2.05) is 6.07 Å². The Morgan fingerprint density at radius 3 is 2.92 bits per heavy atom. The zero-order valence-corrected chi connectivity index (χ0v) is 15.3. The van der Waals surface area contributed by atoms with Gasteiger partial charge >= 0.3 is 0 Å². The molecule has 1 fully saturated rings. The Kier molecular flexibility index (Phi) is 4.46. The first kappa shape index (κ1) is 16.8. The van der Waals surface area contributed by atoms with Gasteiger partial charge in [-0.05, 0) is 34.1 Å². The second kappa shape index (κ2) is 6.92. The van der Waals surface area contributed by atoms with E-state index in [1.165, 1.54) is 6.07 Å². The number of fused-ring (bicyclic) bond motifs is 1. The summed E-state index contributed by atoms with van der Waals surface area (Å²) in [5.74, 6) is 0.267. The van der Waals surface area contributed by atoms with E-state index in [-0.39, 0.29) is 23.2 Å². The molecule has 1 amide bonds. The van der Waals surface area contributed by atoms with Gasteiger partial charge < -0.3 is 14.1 Å². The van der Waals surface area contributed by atoms with Gasteiger partial charge in [0.25, 0.3) is 5.91 Å². The zero-order chi connectivity index (χ0) is 18.1. The van der Waals surface area contributed by atoms with E-state index in [0.29, 0.717) is 36.4 Å². The van der Waals surface area contributed by atoms with Gasteiger partial charge in [-0.15, -0.1) is 0 Å². The maximum atomic E-state index is 12.7. The average Bonchev–Trinajstić information content (AvgIpc) is 3.11. The minimum Gasteiger partial charge on any atom is -0.472 e. The van der Waals surface area contributed by atoms with Crippen LogP contribution in [0.25, 0.3) is 11.0 Å². The largest absolute Gasteiger partial charge is 0.472 e. The quantitative estimate of drug-likeness (QED) is 0.657. The summed E-state index contributed by atoms with van der Waals surface area (Å²) in [6.45, 7) is 0.962. The van der Waals surface area contributed by atoms with E-state index in [2.05, 4.69) is 20.9 Å². The summed E-state index contributed by atoms with van der Waals surface area (Å²) in [6, 6.07) is 11.8. The van der Waals surface area contributed by atoms with Crippen molar-refractivity contribution in [2.45, 2.75) is 12.5 Å². The Morgan fingerprint density at radius 1 is 1.27 bits per heavy atom. The number of pyridine rings is 1. The summed E-state index contributed by atoms with van der Waals surface area (Å²) in [5, 5.41) is 0.466. The van der Waals surface area contributed by atoms with Crippen LogP contribution in [0.1, 0.15) is 17.0 Å².